The van der Waals surface area contributed by atoms with Gasteiger partial charge in [-0.15, -0.1) is 0 Å². The number of rotatable bonds is 5. The van der Waals surface area contributed by atoms with E-state index in [1.807, 2.05) is 13.0 Å². The van der Waals surface area contributed by atoms with Crippen molar-refractivity contribution in [1.82, 2.24) is 9.97 Å². The zero-order valence-electron chi connectivity index (χ0n) is 18.7. The van der Waals surface area contributed by atoms with Gasteiger partial charge in [0, 0.05) is 29.1 Å². The van der Waals surface area contributed by atoms with Gasteiger partial charge in [-0.1, -0.05) is 6.07 Å². The Balaban J connectivity index is 1.83. The Morgan fingerprint density at radius 3 is 2.59 bits per heavy atom. The van der Waals surface area contributed by atoms with Crippen LogP contribution >= 0.6 is 0 Å². The molecule has 1 unspecified atom stereocenters. The van der Waals surface area contributed by atoms with Crippen LogP contribution in [0.1, 0.15) is 41.0 Å². The van der Waals surface area contributed by atoms with Crippen LogP contribution in [0, 0.1) is 13.8 Å². The molecule has 1 atom stereocenters. The molecule has 3 aromatic heterocycles. The standard InChI is InChI=1S/C25H22F3N3O3/c1-13-9-17(15(3)30-19-6-7-21(25(26,27)28)31-20(19)12-32)24-18(10-13)22(33)14(2)23(34-24)16-5-4-8-29-11-16/h4-11,15,30,32H,12H2,1-3H3. The number of benzene rings is 1. The molecule has 4 aromatic rings. The number of alkyl halides is 3. The number of halogens is 3. The number of aliphatic hydroxyl groups excluding tert-OH is 1. The predicted molar refractivity (Wildman–Crippen MR) is 122 cm³/mol. The number of aliphatic hydroxyl groups is 1. The molecule has 0 radical (unpaired) electrons. The van der Waals surface area contributed by atoms with E-state index < -0.39 is 24.5 Å². The van der Waals surface area contributed by atoms with E-state index in [0.717, 1.165) is 11.6 Å². The van der Waals surface area contributed by atoms with Crippen LogP contribution < -0.4 is 10.7 Å². The Hall–Kier alpha value is -3.72. The molecule has 0 saturated carbocycles. The number of anilines is 1. The van der Waals surface area contributed by atoms with Gasteiger partial charge in [-0.3, -0.25) is 9.78 Å². The van der Waals surface area contributed by atoms with Gasteiger partial charge < -0.3 is 14.8 Å². The van der Waals surface area contributed by atoms with Gasteiger partial charge in [-0.2, -0.15) is 13.2 Å². The first-order chi connectivity index (χ1) is 16.1. The summed E-state index contributed by atoms with van der Waals surface area (Å²) in [6.45, 7) is 4.65. The summed E-state index contributed by atoms with van der Waals surface area (Å²) in [5.41, 5.74) is 1.79. The van der Waals surface area contributed by atoms with Gasteiger partial charge in [0.2, 0.25) is 0 Å². The van der Waals surface area contributed by atoms with Gasteiger partial charge >= 0.3 is 6.18 Å². The van der Waals surface area contributed by atoms with Crippen molar-refractivity contribution in [2.45, 2.75) is 39.6 Å². The monoisotopic (exact) mass is 469 g/mol. The number of fused-ring (bicyclic) bond motifs is 1. The second kappa shape index (κ2) is 8.90. The van der Waals surface area contributed by atoms with Crippen molar-refractivity contribution in [2.75, 3.05) is 5.32 Å². The van der Waals surface area contributed by atoms with Crippen molar-refractivity contribution in [3.05, 3.63) is 87.1 Å². The lowest BCUT2D eigenvalue weighted by Gasteiger charge is -2.20. The van der Waals surface area contributed by atoms with Crippen molar-refractivity contribution in [3.63, 3.8) is 0 Å². The molecule has 0 fully saturated rings. The lowest BCUT2D eigenvalue weighted by molar-refractivity contribution is -0.141. The smallest absolute Gasteiger partial charge is 0.433 e. The Labute approximate surface area is 193 Å². The third-order valence-electron chi connectivity index (χ3n) is 5.57. The molecule has 34 heavy (non-hydrogen) atoms. The number of nitrogens with zero attached hydrogens (tertiary/aromatic N) is 2. The summed E-state index contributed by atoms with van der Waals surface area (Å²) in [6, 6.07) is 8.73. The fourth-order valence-corrected chi connectivity index (χ4v) is 3.88. The molecule has 0 aliphatic carbocycles. The molecule has 6 nitrogen and oxygen atoms in total. The number of hydrogen-bond acceptors (Lipinski definition) is 6. The van der Waals surface area contributed by atoms with Crippen LogP contribution in [-0.2, 0) is 12.8 Å². The summed E-state index contributed by atoms with van der Waals surface area (Å²) in [5.74, 6) is 0.398. The van der Waals surface area contributed by atoms with E-state index in [2.05, 4.69) is 15.3 Å². The van der Waals surface area contributed by atoms with Gasteiger partial charge in [-0.25, -0.2) is 4.98 Å². The minimum absolute atomic E-state index is 0.132. The summed E-state index contributed by atoms with van der Waals surface area (Å²) in [7, 11) is 0. The summed E-state index contributed by atoms with van der Waals surface area (Å²) in [4.78, 5) is 20.8. The average molecular weight is 469 g/mol. The van der Waals surface area contributed by atoms with Gasteiger partial charge in [0.15, 0.2) is 5.43 Å². The minimum atomic E-state index is -4.62. The summed E-state index contributed by atoms with van der Waals surface area (Å²) in [5, 5.41) is 13.1. The van der Waals surface area contributed by atoms with Crippen LogP contribution in [0.15, 0.2) is 58.0 Å². The molecule has 1 aromatic carbocycles. The van der Waals surface area contributed by atoms with E-state index in [9.17, 15) is 23.1 Å². The van der Waals surface area contributed by atoms with Crippen molar-refractivity contribution in [2.24, 2.45) is 0 Å². The summed E-state index contributed by atoms with van der Waals surface area (Å²) < 4.78 is 45.3. The van der Waals surface area contributed by atoms with Gasteiger partial charge in [-0.05, 0) is 56.7 Å². The van der Waals surface area contributed by atoms with E-state index in [0.29, 0.717) is 33.4 Å². The molecule has 4 rings (SSSR count). The van der Waals surface area contributed by atoms with E-state index >= 15 is 0 Å². The average Bonchev–Trinajstić information content (AvgIpc) is 2.81. The molecule has 0 aliphatic rings. The zero-order valence-corrected chi connectivity index (χ0v) is 18.7. The van der Waals surface area contributed by atoms with E-state index in [4.69, 9.17) is 4.42 Å². The Bertz CT molecular complexity index is 1420. The van der Waals surface area contributed by atoms with Crippen LogP contribution in [0.2, 0.25) is 0 Å². The number of nitrogens with one attached hydrogen (secondary N) is 1. The third-order valence-corrected chi connectivity index (χ3v) is 5.57. The fraction of sp³-hybridized carbons (Fsp3) is 0.240. The second-order valence-electron chi connectivity index (χ2n) is 8.07. The first-order valence-electron chi connectivity index (χ1n) is 10.5. The zero-order chi connectivity index (χ0) is 24.6. The maximum atomic E-state index is 13.2. The molecule has 0 bridgehead atoms. The van der Waals surface area contributed by atoms with Crippen molar-refractivity contribution >= 4 is 16.7 Å². The highest BCUT2D eigenvalue weighted by atomic mass is 19.4. The molecular weight excluding hydrogens is 447 g/mol. The maximum absolute atomic E-state index is 13.2. The maximum Gasteiger partial charge on any atom is 0.433 e. The van der Waals surface area contributed by atoms with Crippen LogP contribution in [0.25, 0.3) is 22.3 Å². The molecule has 3 heterocycles. The molecular formula is C25H22F3N3O3. The van der Waals surface area contributed by atoms with Crippen LogP contribution in [0.5, 0.6) is 0 Å². The molecule has 2 N–H and O–H groups in total. The fourth-order valence-electron chi connectivity index (χ4n) is 3.88. The molecule has 0 aliphatic heterocycles. The summed E-state index contributed by atoms with van der Waals surface area (Å²) in [6.07, 6.45) is -1.39. The van der Waals surface area contributed by atoms with Crippen molar-refractivity contribution in [1.29, 1.82) is 0 Å². The second-order valence-corrected chi connectivity index (χ2v) is 8.07. The largest absolute Gasteiger partial charge is 0.455 e. The predicted octanol–water partition coefficient (Wildman–Crippen LogP) is 5.55. The van der Waals surface area contributed by atoms with Gasteiger partial charge in [0.25, 0.3) is 0 Å². The topological polar surface area (TPSA) is 88.2 Å². The Morgan fingerprint density at radius 1 is 1.18 bits per heavy atom. The highest BCUT2D eigenvalue weighted by Gasteiger charge is 2.33. The van der Waals surface area contributed by atoms with Crippen LogP contribution in [0.3, 0.4) is 0 Å². The van der Waals surface area contributed by atoms with Gasteiger partial charge in [0.05, 0.1) is 29.4 Å². The lowest BCUT2D eigenvalue weighted by atomic mass is 9.99. The van der Waals surface area contributed by atoms with Crippen LogP contribution in [0.4, 0.5) is 18.9 Å². The number of aromatic nitrogens is 2. The van der Waals surface area contributed by atoms with E-state index in [1.54, 1.807) is 44.4 Å². The van der Waals surface area contributed by atoms with Crippen molar-refractivity contribution < 1.29 is 22.7 Å². The van der Waals surface area contributed by atoms with Crippen LogP contribution in [-0.4, -0.2) is 15.1 Å². The molecule has 0 amide bonds. The third kappa shape index (κ3) is 4.38. The highest BCUT2D eigenvalue weighted by Crippen LogP contribution is 2.34. The first-order valence-corrected chi connectivity index (χ1v) is 10.5. The minimum Gasteiger partial charge on any atom is -0.455 e. The molecule has 0 spiro atoms. The molecule has 176 valence electrons. The highest BCUT2D eigenvalue weighted by molar-refractivity contribution is 5.84. The number of hydrogen-bond donors (Lipinski definition) is 2. The molecule has 9 heteroatoms. The Morgan fingerprint density at radius 2 is 1.94 bits per heavy atom. The summed E-state index contributed by atoms with van der Waals surface area (Å²) >= 11 is 0. The van der Waals surface area contributed by atoms with Crippen molar-refractivity contribution in [3.8, 4) is 11.3 Å². The number of aryl methyl sites for hydroxylation is 1. The molecule has 0 saturated heterocycles. The SMILES string of the molecule is Cc1cc(C(C)Nc2ccc(C(F)(F)F)nc2CO)c2oc(-c3cccnc3)c(C)c(=O)c2c1. The van der Waals surface area contributed by atoms with E-state index in [-0.39, 0.29) is 16.8 Å². The quantitative estimate of drug-likeness (QED) is 0.398. The van der Waals surface area contributed by atoms with Gasteiger partial charge in [0.1, 0.15) is 17.0 Å². The first kappa shape index (κ1) is 23.4. The lowest BCUT2D eigenvalue weighted by Crippen LogP contribution is -2.15. The normalized spacial score (nSPS) is 12.7. The number of pyridine rings is 2. The Kier molecular flexibility index (Phi) is 6.14. The van der Waals surface area contributed by atoms with E-state index in [1.165, 1.54) is 6.07 Å².